The lowest BCUT2D eigenvalue weighted by molar-refractivity contribution is 0.0176. The molecular weight excluding hydrogens is 575 g/mol. The molecule has 230 valence electrons. The van der Waals surface area contributed by atoms with Gasteiger partial charge in [0.1, 0.15) is 11.4 Å². The predicted molar refractivity (Wildman–Crippen MR) is 161 cm³/mol. The van der Waals surface area contributed by atoms with Crippen LogP contribution < -0.4 is 10.6 Å². The summed E-state index contributed by atoms with van der Waals surface area (Å²) in [5.41, 5.74) is 0.684. The van der Waals surface area contributed by atoms with Crippen molar-refractivity contribution in [1.82, 2.24) is 28.6 Å². The third kappa shape index (κ3) is 6.43. The lowest BCUT2D eigenvalue weighted by atomic mass is 9.93. The molecule has 0 aliphatic carbocycles. The van der Waals surface area contributed by atoms with Crippen LogP contribution in [-0.2, 0) is 21.3 Å². The Bertz CT molecular complexity index is 1740. The van der Waals surface area contributed by atoms with E-state index in [1.54, 1.807) is 34.1 Å². The molecule has 2 atom stereocenters. The van der Waals surface area contributed by atoms with E-state index in [-0.39, 0.29) is 46.2 Å². The average Bonchev–Trinajstić information content (AvgIpc) is 3.53. The normalized spacial score (nSPS) is 17.7. The monoisotopic (exact) mass is 612 g/mol. The van der Waals surface area contributed by atoms with Gasteiger partial charge >= 0.3 is 6.09 Å². The quantitative estimate of drug-likeness (QED) is 0.291. The summed E-state index contributed by atoms with van der Waals surface area (Å²) in [6, 6.07) is 5.97. The summed E-state index contributed by atoms with van der Waals surface area (Å²) < 4.78 is 51.2. The number of nitrogens with one attached hydrogen (secondary N) is 2. The van der Waals surface area contributed by atoms with Gasteiger partial charge in [-0.1, -0.05) is 24.6 Å². The van der Waals surface area contributed by atoms with E-state index in [1.807, 2.05) is 41.5 Å². The number of fused-ring (bicyclic) bond motifs is 1. The number of nitrogens with zero attached hydrogens (tertiary/aromatic N) is 6. The third-order valence-electron chi connectivity index (χ3n) is 7.29. The summed E-state index contributed by atoms with van der Waals surface area (Å²) in [4.78, 5) is 23.5. The summed E-state index contributed by atoms with van der Waals surface area (Å²) in [5.74, 6) is -0.555. The molecule has 43 heavy (non-hydrogen) atoms. The van der Waals surface area contributed by atoms with E-state index in [0.29, 0.717) is 25.2 Å². The maximum Gasteiger partial charge on any atom is 0.410 e. The van der Waals surface area contributed by atoms with E-state index in [1.165, 1.54) is 12.1 Å². The van der Waals surface area contributed by atoms with Crippen LogP contribution in [0.5, 0.6) is 0 Å². The van der Waals surface area contributed by atoms with Gasteiger partial charge in [0.05, 0.1) is 28.4 Å². The zero-order valence-corrected chi connectivity index (χ0v) is 25.9. The second kappa shape index (κ2) is 11.5. The van der Waals surface area contributed by atoms with Crippen LogP contribution in [0.1, 0.15) is 46.6 Å². The average molecular weight is 613 g/mol. The van der Waals surface area contributed by atoms with E-state index < -0.39 is 27.5 Å². The van der Waals surface area contributed by atoms with Crippen LogP contribution in [0.2, 0.25) is 0 Å². The van der Waals surface area contributed by atoms with Crippen LogP contribution in [0.4, 0.5) is 26.6 Å². The molecule has 12 nitrogen and oxygen atoms in total. The lowest BCUT2D eigenvalue weighted by Gasteiger charge is -2.38. The van der Waals surface area contributed by atoms with E-state index in [0.717, 1.165) is 15.7 Å². The first-order chi connectivity index (χ1) is 20.2. The van der Waals surface area contributed by atoms with Gasteiger partial charge in [-0.05, 0) is 59.1 Å². The molecule has 0 radical (unpaired) electrons. The molecule has 1 saturated heterocycles. The largest absolute Gasteiger partial charge is 0.444 e. The smallest absolute Gasteiger partial charge is 0.410 e. The van der Waals surface area contributed by atoms with Crippen LogP contribution in [0.3, 0.4) is 0 Å². The van der Waals surface area contributed by atoms with Gasteiger partial charge in [-0.15, -0.1) is 0 Å². The minimum Gasteiger partial charge on any atom is -0.444 e. The van der Waals surface area contributed by atoms with Crippen LogP contribution in [0.15, 0.2) is 47.8 Å². The van der Waals surface area contributed by atoms with Gasteiger partial charge < -0.3 is 20.3 Å². The van der Waals surface area contributed by atoms with Gasteiger partial charge in [0, 0.05) is 31.9 Å². The number of halogens is 1. The van der Waals surface area contributed by atoms with Crippen LogP contribution in [-0.4, -0.2) is 67.9 Å². The summed E-state index contributed by atoms with van der Waals surface area (Å²) in [7, 11) is -4.20. The first-order valence-electron chi connectivity index (χ1n) is 14.2. The number of carbonyl (C=O) groups excluding carboxylic acids is 1. The highest BCUT2D eigenvalue weighted by Crippen LogP contribution is 2.32. The number of amides is 1. The molecule has 14 heteroatoms. The standard InChI is InChI=1S/C29H37FN8O4S/c1-7-37-15-20(14-31-37)32-27-34-25(33-23-17-36(13-12-19(23)3)28(39)42-29(4,5)6)24-22(30)16-38(26(24)35-27)43(40,41)21-10-8-18(2)9-11-21/h8-11,14-16,19,23H,7,12-13,17H2,1-6H3,(H2,32,33,34,35)/t19-,23+/m1/s1. The van der Waals surface area contributed by atoms with Gasteiger partial charge in [-0.25, -0.2) is 21.6 Å². The first kappa shape index (κ1) is 30.3. The molecule has 0 unspecified atom stereocenters. The van der Waals surface area contributed by atoms with E-state index >= 15 is 4.39 Å². The number of anilines is 3. The Morgan fingerprint density at radius 3 is 2.53 bits per heavy atom. The Morgan fingerprint density at radius 2 is 1.88 bits per heavy atom. The molecule has 1 fully saturated rings. The van der Waals surface area contributed by atoms with E-state index in [9.17, 15) is 13.2 Å². The molecule has 1 aliphatic heterocycles. The van der Waals surface area contributed by atoms with Crippen molar-refractivity contribution in [2.75, 3.05) is 23.7 Å². The summed E-state index contributed by atoms with van der Waals surface area (Å²) in [6.45, 7) is 12.7. The lowest BCUT2D eigenvalue weighted by Crippen LogP contribution is -2.50. The van der Waals surface area contributed by atoms with Crippen molar-refractivity contribution >= 4 is 44.6 Å². The van der Waals surface area contributed by atoms with Crippen molar-refractivity contribution < 1.29 is 22.3 Å². The number of benzene rings is 1. The van der Waals surface area contributed by atoms with Gasteiger partial charge in [0.25, 0.3) is 10.0 Å². The molecular formula is C29H37FN8O4S. The summed E-state index contributed by atoms with van der Waals surface area (Å²) in [6.07, 6.45) is 4.50. The Balaban J connectivity index is 1.57. The predicted octanol–water partition coefficient (Wildman–Crippen LogP) is 5.13. The molecule has 1 aromatic carbocycles. The number of aryl methyl sites for hydroxylation is 2. The zero-order chi connectivity index (χ0) is 31.1. The van der Waals surface area contributed by atoms with E-state index in [4.69, 9.17) is 4.74 Å². The Morgan fingerprint density at radius 1 is 1.16 bits per heavy atom. The number of piperidine rings is 1. The summed E-state index contributed by atoms with van der Waals surface area (Å²) >= 11 is 0. The second-order valence-corrected chi connectivity index (χ2v) is 13.7. The second-order valence-electron chi connectivity index (χ2n) is 11.8. The Kier molecular flexibility index (Phi) is 8.07. The molecule has 2 N–H and O–H groups in total. The van der Waals surface area contributed by atoms with Crippen molar-refractivity contribution in [1.29, 1.82) is 0 Å². The van der Waals surface area contributed by atoms with Gasteiger partial charge in [-0.2, -0.15) is 15.1 Å². The number of hydrogen-bond acceptors (Lipinski definition) is 9. The van der Waals surface area contributed by atoms with Gasteiger partial charge in [0.15, 0.2) is 11.5 Å². The molecule has 1 amide bonds. The molecule has 0 spiro atoms. The van der Waals surface area contributed by atoms with Crippen molar-refractivity contribution in [3.8, 4) is 0 Å². The highest BCUT2D eigenvalue weighted by molar-refractivity contribution is 7.90. The van der Waals surface area contributed by atoms with Crippen molar-refractivity contribution in [3.05, 3.63) is 54.2 Å². The third-order valence-corrected chi connectivity index (χ3v) is 8.96. The number of rotatable bonds is 7. The maximum absolute atomic E-state index is 15.7. The number of likely N-dealkylation sites (tertiary alicyclic amines) is 1. The number of carbonyl (C=O) groups is 1. The van der Waals surface area contributed by atoms with E-state index in [2.05, 4.69) is 25.7 Å². The fourth-order valence-electron chi connectivity index (χ4n) is 4.88. The van der Waals surface area contributed by atoms with Gasteiger partial charge in [0.2, 0.25) is 5.95 Å². The minimum atomic E-state index is -4.20. The Labute approximate surface area is 250 Å². The summed E-state index contributed by atoms with van der Waals surface area (Å²) in [5, 5.41) is 10.5. The number of aromatic nitrogens is 5. The number of ether oxygens (including phenoxy) is 1. The molecule has 0 saturated carbocycles. The van der Waals surface area contributed by atoms with Crippen molar-refractivity contribution in [3.63, 3.8) is 0 Å². The first-order valence-corrected chi connectivity index (χ1v) is 15.6. The van der Waals surface area contributed by atoms with Gasteiger partial charge in [-0.3, -0.25) is 4.68 Å². The van der Waals surface area contributed by atoms with Crippen LogP contribution in [0.25, 0.3) is 11.0 Å². The highest BCUT2D eigenvalue weighted by Gasteiger charge is 2.33. The topological polar surface area (TPSA) is 136 Å². The fraction of sp³-hybridized carbons (Fsp3) is 0.448. The number of hydrogen-bond donors (Lipinski definition) is 2. The fourth-order valence-corrected chi connectivity index (χ4v) is 6.18. The molecule has 4 aromatic rings. The van der Waals surface area contributed by atoms with Crippen molar-refractivity contribution in [2.24, 2.45) is 5.92 Å². The SMILES string of the molecule is CCn1cc(Nc2nc(N[C@H]3CN(C(=O)OC(C)(C)C)CC[C@H]3C)c3c(F)cn(S(=O)(=O)c4ccc(C)cc4)c3n2)cn1. The van der Waals surface area contributed by atoms with Crippen molar-refractivity contribution in [2.45, 2.75) is 71.0 Å². The van der Waals surface area contributed by atoms with Crippen LogP contribution in [0, 0.1) is 18.7 Å². The molecule has 5 rings (SSSR count). The Hall–Kier alpha value is -4.20. The highest BCUT2D eigenvalue weighted by atomic mass is 32.2. The molecule has 1 aliphatic rings. The molecule has 4 heterocycles. The molecule has 0 bridgehead atoms. The maximum atomic E-state index is 15.7. The molecule has 3 aromatic heterocycles. The van der Waals surface area contributed by atoms with Crippen LogP contribution >= 0.6 is 0 Å². The zero-order valence-electron chi connectivity index (χ0n) is 25.1. The minimum absolute atomic E-state index is 0.00393.